The Balaban J connectivity index is 1.55. The maximum atomic E-state index is 11.6. The fourth-order valence-corrected chi connectivity index (χ4v) is 2.61. The summed E-state index contributed by atoms with van der Waals surface area (Å²) < 4.78 is 5.80. The molecule has 3 aromatic rings. The summed E-state index contributed by atoms with van der Waals surface area (Å²) in [6.07, 6.45) is 3.35. The number of hydrogen-bond acceptors (Lipinski definition) is 5. The molecule has 0 saturated heterocycles. The fourth-order valence-electron chi connectivity index (χ4n) is 2.61. The molecule has 0 aliphatic carbocycles. The number of nitrogens with one attached hydrogen (secondary N) is 2. The highest BCUT2D eigenvalue weighted by atomic mass is 16.5. The van der Waals surface area contributed by atoms with Gasteiger partial charge in [0.2, 0.25) is 5.95 Å². The lowest BCUT2D eigenvalue weighted by Crippen LogP contribution is -2.11. The molecular weight excluding hydrogens is 352 g/mol. The van der Waals surface area contributed by atoms with E-state index in [4.69, 9.17) is 4.74 Å². The molecule has 1 aromatic heterocycles. The zero-order chi connectivity index (χ0) is 19.8. The number of aryl methyl sites for hydroxylation is 2. The van der Waals surface area contributed by atoms with E-state index in [0.29, 0.717) is 12.6 Å². The first kappa shape index (κ1) is 19.4. The molecule has 0 amide bonds. The predicted molar refractivity (Wildman–Crippen MR) is 112 cm³/mol. The first-order valence-electron chi connectivity index (χ1n) is 9.30. The summed E-state index contributed by atoms with van der Waals surface area (Å²) in [4.78, 5) is 18.6. The van der Waals surface area contributed by atoms with Crippen molar-refractivity contribution in [3.8, 4) is 5.75 Å². The van der Waals surface area contributed by atoms with Gasteiger partial charge in [0.25, 0.3) is 5.56 Å². The van der Waals surface area contributed by atoms with Crippen LogP contribution in [-0.2, 0) is 13.0 Å². The molecule has 2 N–H and O–H groups in total. The van der Waals surface area contributed by atoms with Gasteiger partial charge in [0.15, 0.2) is 0 Å². The van der Waals surface area contributed by atoms with Gasteiger partial charge in [0, 0.05) is 11.8 Å². The van der Waals surface area contributed by atoms with Gasteiger partial charge < -0.3 is 4.74 Å². The summed E-state index contributed by atoms with van der Waals surface area (Å²) in [5, 5.41) is 4.14. The average molecular weight is 376 g/mol. The van der Waals surface area contributed by atoms with Gasteiger partial charge in [-0.3, -0.25) is 9.78 Å². The largest absolute Gasteiger partial charge is 0.489 e. The zero-order valence-corrected chi connectivity index (χ0v) is 16.1. The fraction of sp³-hybridized carbons (Fsp3) is 0.227. The van der Waals surface area contributed by atoms with Crippen molar-refractivity contribution in [2.45, 2.75) is 33.3 Å². The molecule has 0 fully saturated rings. The highest BCUT2D eigenvalue weighted by Crippen LogP contribution is 2.14. The van der Waals surface area contributed by atoms with E-state index in [1.807, 2.05) is 31.2 Å². The molecule has 0 bridgehead atoms. The van der Waals surface area contributed by atoms with E-state index in [2.05, 4.69) is 51.7 Å². The lowest BCUT2D eigenvalue weighted by atomic mass is 10.2. The van der Waals surface area contributed by atoms with Crippen molar-refractivity contribution >= 4 is 12.2 Å². The van der Waals surface area contributed by atoms with Crippen LogP contribution < -0.4 is 15.7 Å². The summed E-state index contributed by atoms with van der Waals surface area (Å²) in [7, 11) is 0. The molecule has 6 heteroatoms. The Bertz CT molecular complexity index is 977. The number of H-pyrrole nitrogens is 1. The van der Waals surface area contributed by atoms with Gasteiger partial charge in [0.05, 0.1) is 6.21 Å². The number of hydrogen-bond donors (Lipinski definition) is 2. The topological polar surface area (TPSA) is 79.4 Å². The maximum absolute atomic E-state index is 11.6. The van der Waals surface area contributed by atoms with Gasteiger partial charge in [-0.1, -0.05) is 43.2 Å². The SMILES string of the molecule is CCCc1cc(=O)[nH]c(N/N=C/c2ccc(OCc3ccc(C)cc3)cc2)n1. The standard InChI is InChI=1S/C22H24N4O2/c1-3-4-19-13-21(27)25-22(24-19)26-23-14-17-9-11-20(12-10-17)28-15-18-7-5-16(2)6-8-18/h5-14H,3-4,15H2,1-2H3,(H2,24,25,26,27)/b23-14+. The van der Waals surface area contributed by atoms with Gasteiger partial charge in [0.1, 0.15) is 12.4 Å². The molecule has 144 valence electrons. The number of rotatable bonds is 8. The number of hydrazone groups is 1. The van der Waals surface area contributed by atoms with Crippen LogP contribution in [0.1, 0.15) is 35.7 Å². The molecule has 0 unspecified atom stereocenters. The number of aromatic nitrogens is 2. The third-order valence-corrected chi connectivity index (χ3v) is 4.09. The van der Waals surface area contributed by atoms with Crippen LogP contribution in [0.3, 0.4) is 0 Å². The highest BCUT2D eigenvalue weighted by molar-refractivity contribution is 5.80. The van der Waals surface area contributed by atoms with Gasteiger partial charge in [-0.2, -0.15) is 5.10 Å². The third-order valence-electron chi connectivity index (χ3n) is 4.09. The second-order valence-electron chi connectivity index (χ2n) is 6.55. The molecule has 0 aliphatic heterocycles. The van der Waals surface area contributed by atoms with E-state index in [0.717, 1.165) is 35.4 Å². The van der Waals surface area contributed by atoms with Crippen molar-refractivity contribution < 1.29 is 4.74 Å². The maximum Gasteiger partial charge on any atom is 0.252 e. The lowest BCUT2D eigenvalue weighted by molar-refractivity contribution is 0.306. The minimum absolute atomic E-state index is 0.189. The molecule has 6 nitrogen and oxygen atoms in total. The van der Waals surface area contributed by atoms with Crippen molar-refractivity contribution in [3.63, 3.8) is 0 Å². The van der Waals surface area contributed by atoms with Crippen LogP contribution in [0.2, 0.25) is 0 Å². The number of nitrogens with zero attached hydrogens (tertiary/aromatic N) is 2. The average Bonchev–Trinajstić information content (AvgIpc) is 2.68. The monoisotopic (exact) mass is 376 g/mol. The van der Waals surface area contributed by atoms with Crippen LogP contribution in [0.25, 0.3) is 0 Å². The smallest absolute Gasteiger partial charge is 0.252 e. The Morgan fingerprint density at radius 3 is 2.61 bits per heavy atom. The summed E-state index contributed by atoms with van der Waals surface area (Å²) in [5.41, 5.74) is 6.60. The van der Waals surface area contributed by atoms with E-state index in [9.17, 15) is 4.79 Å². The second-order valence-corrected chi connectivity index (χ2v) is 6.55. The van der Waals surface area contributed by atoms with Crippen LogP contribution in [0.5, 0.6) is 5.75 Å². The van der Waals surface area contributed by atoms with Crippen LogP contribution in [0.4, 0.5) is 5.95 Å². The van der Waals surface area contributed by atoms with Gasteiger partial charge >= 0.3 is 0 Å². The van der Waals surface area contributed by atoms with E-state index in [1.165, 1.54) is 11.6 Å². The lowest BCUT2D eigenvalue weighted by Gasteiger charge is -2.07. The zero-order valence-electron chi connectivity index (χ0n) is 16.1. The molecular formula is C22H24N4O2. The summed E-state index contributed by atoms with van der Waals surface area (Å²) in [5.74, 6) is 1.13. The molecule has 0 radical (unpaired) electrons. The highest BCUT2D eigenvalue weighted by Gasteiger charge is 2.00. The van der Waals surface area contributed by atoms with Crippen LogP contribution in [0.15, 0.2) is 64.5 Å². The summed E-state index contributed by atoms with van der Waals surface area (Å²) in [6, 6.07) is 17.4. The van der Waals surface area contributed by atoms with E-state index in [1.54, 1.807) is 6.21 Å². The minimum Gasteiger partial charge on any atom is -0.489 e. The number of ether oxygens (including phenoxy) is 1. The second kappa shape index (κ2) is 9.50. The molecule has 28 heavy (non-hydrogen) atoms. The third kappa shape index (κ3) is 5.81. The van der Waals surface area contributed by atoms with Gasteiger partial charge in [-0.15, -0.1) is 0 Å². The summed E-state index contributed by atoms with van der Waals surface area (Å²) in [6.45, 7) is 4.64. The van der Waals surface area contributed by atoms with Crippen molar-refractivity contribution in [1.82, 2.24) is 9.97 Å². The van der Waals surface area contributed by atoms with E-state index < -0.39 is 0 Å². The van der Waals surface area contributed by atoms with Crippen molar-refractivity contribution in [2.75, 3.05) is 5.43 Å². The van der Waals surface area contributed by atoms with Crippen molar-refractivity contribution in [3.05, 3.63) is 87.3 Å². The molecule has 0 atom stereocenters. The number of benzene rings is 2. The molecule has 1 heterocycles. The Labute approximate surface area is 164 Å². The first-order valence-corrected chi connectivity index (χ1v) is 9.30. The number of anilines is 1. The molecule has 3 rings (SSSR count). The summed E-state index contributed by atoms with van der Waals surface area (Å²) >= 11 is 0. The predicted octanol–water partition coefficient (Wildman–Crippen LogP) is 4.06. The van der Waals surface area contributed by atoms with Crippen molar-refractivity contribution in [1.29, 1.82) is 0 Å². The first-order chi connectivity index (χ1) is 13.6. The van der Waals surface area contributed by atoms with Crippen molar-refractivity contribution in [2.24, 2.45) is 5.10 Å². The Hall–Kier alpha value is -3.41. The van der Waals surface area contributed by atoms with Gasteiger partial charge in [-0.25, -0.2) is 10.4 Å². The van der Waals surface area contributed by atoms with E-state index in [-0.39, 0.29) is 5.56 Å². The van der Waals surface area contributed by atoms with Crippen LogP contribution in [0, 0.1) is 6.92 Å². The quantitative estimate of drug-likeness (QED) is 0.459. The number of aromatic amines is 1. The van der Waals surface area contributed by atoms with Crippen LogP contribution >= 0.6 is 0 Å². The molecule has 0 spiro atoms. The van der Waals surface area contributed by atoms with E-state index >= 15 is 0 Å². The Morgan fingerprint density at radius 2 is 1.89 bits per heavy atom. The van der Waals surface area contributed by atoms with Gasteiger partial charge in [-0.05, 0) is 48.7 Å². The Kier molecular flexibility index (Phi) is 6.57. The molecule has 0 aliphatic rings. The molecule has 0 saturated carbocycles. The molecule has 2 aromatic carbocycles. The Morgan fingerprint density at radius 1 is 1.14 bits per heavy atom. The van der Waals surface area contributed by atoms with Crippen LogP contribution in [-0.4, -0.2) is 16.2 Å². The normalized spacial score (nSPS) is 10.9. The minimum atomic E-state index is -0.189.